The fraction of sp³-hybridized carbons (Fsp3) is 0.273. The molecule has 1 amide bonds. The number of rotatable bonds is 3. The summed E-state index contributed by atoms with van der Waals surface area (Å²) in [5.41, 5.74) is 4.43. The van der Waals surface area contributed by atoms with Gasteiger partial charge in [-0.3, -0.25) is 9.69 Å². The van der Waals surface area contributed by atoms with Gasteiger partial charge in [0.05, 0.1) is 11.4 Å². The number of hydrogen-bond acceptors (Lipinski definition) is 5. The number of amidine groups is 1. The summed E-state index contributed by atoms with van der Waals surface area (Å²) in [6.07, 6.45) is 0. The van der Waals surface area contributed by atoms with Gasteiger partial charge < -0.3 is 4.90 Å². The van der Waals surface area contributed by atoms with E-state index >= 15 is 0 Å². The van der Waals surface area contributed by atoms with Crippen LogP contribution in [0.1, 0.15) is 25.0 Å². The molecule has 0 atom stereocenters. The van der Waals surface area contributed by atoms with Crippen LogP contribution in [-0.4, -0.2) is 29.1 Å². The molecule has 0 saturated carbocycles. The Balaban J connectivity index is 1.76. The molecule has 0 unspecified atom stereocenters. The van der Waals surface area contributed by atoms with Gasteiger partial charge in [-0.25, -0.2) is 4.99 Å². The molecule has 2 aliphatic rings. The summed E-state index contributed by atoms with van der Waals surface area (Å²) in [5, 5.41) is 1.78. The molecule has 1 fully saturated rings. The first-order valence-corrected chi connectivity index (χ1v) is 11.1. The van der Waals surface area contributed by atoms with Gasteiger partial charge in [0, 0.05) is 18.0 Å². The number of carbonyl (C=O) groups excluding carboxylic acids is 1. The largest absolute Gasteiger partial charge is 0.334 e. The van der Waals surface area contributed by atoms with Crippen LogP contribution in [0.2, 0.25) is 0 Å². The average molecular weight is 410 g/mol. The van der Waals surface area contributed by atoms with Crippen LogP contribution in [0.25, 0.3) is 0 Å². The lowest BCUT2D eigenvalue weighted by molar-refractivity contribution is -0.122. The van der Waals surface area contributed by atoms with Gasteiger partial charge in [0.15, 0.2) is 5.17 Å². The third kappa shape index (κ3) is 3.25. The van der Waals surface area contributed by atoms with Crippen molar-refractivity contribution in [1.29, 1.82) is 0 Å². The Morgan fingerprint density at radius 1 is 0.964 bits per heavy atom. The zero-order valence-electron chi connectivity index (χ0n) is 16.5. The Bertz CT molecular complexity index is 1010. The van der Waals surface area contributed by atoms with Crippen molar-refractivity contribution in [3.63, 3.8) is 0 Å². The number of carbonyl (C=O) groups is 1. The van der Waals surface area contributed by atoms with E-state index in [-0.39, 0.29) is 5.91 Å². The smallest absolute Gasteiger partial charge is 0.269 e. The Morgan fingerprint density at radius 2 is 1.71 bits per heavy atom. The van der Waals surface area contributed by atoms with Gasteiger partial charge in [0.2, 0.25) is 0 Å². The summed E-state index contributed by atoms with van der Waals surface area (Å²) < 4.78 is 0. The van der Waals surface area contributed by atoms with E-state index < -0.39 is 0 Å². The molecule has 2 aromatic rings. The molecule has 0 bridgehead atoms. The van der Waals surface area contributed by atoms with E-state index in [9.17, 15) is 4.79 Å². The van der Waals surface area contributed by atoms with Crippen LogP contribution in [-0.2, 0) is 4.79 Å². The van der Waals surface area contributed by atoms with Crippen molar-refractivity contribution in [3.8, 4) is 0 Å². The first-order chi connectivity index (χ1) is 13.5. The highest BCUT2D eigenvalue weighted by atomic mass is 32.2. The van der Waals surface area contributed by atoms with Gasteiger partial charge >= 0.3 is 0 Å². The van der Waals surface area contributed by atoms with Crippen molar-refractivity contribution in [1.82, 2.24) is 4.90 Å². The van der Waals surface area contributed by atoms with Crippen LogP contribution in [0.15, 0.2) is 62.3 Å². The Hall–Kier alpha value is -2.18. The van der Waals surface area contributed by atoms with E-state index in [1.807, 2.05) is 25.1 Å². The van der Waals surface area contributed by atoms with Gasteiger partial charge in [-0.1, -0.05) is 41.6 Å². The van der Waals surface area contributed by atoms with E-state index in [0.29, 0.717) is 6.54 Å². The van der Waals surface area contributed by atoms with Crippen LogP contribution >= 0.6 is 23.5 Å². The van der Waals surface area contributed by atoms with Crippen molar-refractivity contribution in [3.05, 3.63) is 63.5 Å². The summed E-state index contributed by atoms with van der Waals surface area (Å²) in [6.45, 7) is 9.69. The number of likely N-dealkylation sites (N-methyl/N-ethyl adjacent to an activating group) is 1. The zero-order chi connectivity index (χ0) is 19.8. The molecule has 28 heavy (non-hydrogen) atoms. The molecule has 2 aromatic carbocycles. The van der Waals surface area contributed by atoms with E-state index in [1.54, 1.807) is 16.7 Å². The quantitative estimate of drug-likeness (QED) is 0.610. The maximum absolute atomic E-state index is 13.2. The van der Waals surface area contributed by atoms with Gasteiger partial charge in [-0.2, -0.15) is 0 Å². The van der Waals surface area contributed by atoms with Gasteiger partial charge in [-0.15, -0.1) is 0 Å². The van der Waals surface area contributed by atoms with Gasteiger partial charge in [-0.05, 0) is 63.2 Å². The molecule has 2 aliphatic heterocycles. The second-order valence-corrected chi connectivity index (χ2v) is 8.79. The molecular weight excluding hydrogens is 386 g/mol. The molecule has 1 saturated heterocycles. The third-order valence-corrected chi connectivity index (χ3v) is 7.25. The van der Waals surface area contributed by atoms with Crippen molar-refractivity contribution in [2.45, 2.75) is 32.6 Å². The standard InChI is InChI=1S/C22H23N3OS2/c1-5-24-17-9-7-8-10-18(17)27-21(24)19-20(26)25(6-2)22(28-19)23-16-12-11-14(3)13-15(16)4/h7-13H,5-6H2,1-4H3/b21-19+,23-22?. The molecule has 0 aliphatic carbocycles. The Labute approximate surface area is 174 Å². The fourth-order valence-electron chi connectivity index (χ4n) is 3.45. The second-order valence-electron chi connectivity index (χ2n) is 6.78. The van der Waals surface area contributed by atoms with Crippen molar-refractivity contribution in [2.24, 2.45) is 4.99 Å². The van der Waals surface area contributed by atoms with Crippen LogP contribution < -0.4 is 4.90 Å². The molecular formula is C22H23N3OS2. The number of aliphatic imine (C=N–C) groups is 1. The highest BCUT2D eigenvalue weighted by molar-refractivity contribution is 8.19. The summed E-state index contributed by atoms with van der Waals surface area (Å²) >= 11 is 3.17. The minimum Gasteiger partial charge on any atom is -0.334 e. The highest BCUT2D eigenvalue weighted by Crippen LogP contribution is 2.50. The van der Waals surface area contributed by atoms with Crippen LogP contribution in [0.3, 0.4) is 0 Å². The molecule has 0 spiro atoms. The zero-order valence-corrected chi connectivity index (χ0v) is 18.2. The topological polar surface area (TPSA) is 35.9 Å². The highest BCUT2D eigenvalue weighted by Gasteiger charge is 2.38. The van der Waals surface area contributed by atoms with Crippen LogP contribution in [0.4, 0.5) is 11.4 Å². The van der Waals surface area contributed by atoms with E-state index in [1.165, 1.54) is 27.9 Å². The number of hydrogen-bond donors (Lipinski definition) is 0. The first-order valence-electron chi connectivity index (χ1n) is 9.47. The predicted molar refractivity (Wildman–Crippen MR) is 120 cm³/mol. The predicted octanol–water partition coefficient (Wildman–Crippen LogP) is 5.69. The lowest BCUT2D eigenvalue weighted by atomic mass is 10.1. The normalized spacial score (nSPS) is 20.4. The van der Waals surface area contributed by atoms with Crippen molar-refractivity contribution >= 4 is 46.0 Å². The van der Waals surface area contributed by atoms with Crippen LogP contribution in [0.5, 0.6) is 0 Å². The van der Waals surface area contributed by atoms with Gasteiger partial charge in [0.25, 0.3) is 5.91 Å². The Kier molecular flexibility index (Phi) is 5.25. The molecule has 0 aromatic heterocycles. The number of thioether (sulfide) groups is 2. The van der Waals surface area contributed by atoms with E-state index in [2.05, 4.69) is 49.9 Å². The third-order valence-electron chi connectivity index (χ3n) is 4.87. The van der Waals surface area contributed by atoms with Crippen LogP contribution in [0, 0.1) is 13.8 Å². The van der Waals surface area contributed by atoms with Crippen molar-refractivity contribution in [2.75, 3.05) is 18.0 Å². The minimum absolute atomic E-state index is 0.0461. The number of para-hydroxylation sites is 1. The number of fused-ring (bicyclic) bond motifs is 1. The Morgan fingerprint density at radius 3 is 2.43 bits per heavy atom. The summed E-state index contributed by atoms with van der Waals surface area (Å²) in [5.74, 6) is 0.0461. The number of nitrogens with zero attached hydrogens (tertiary/aromatic N) is 3. The number of aryl methyl sites for hydroxylation is 2. The first kappa shape index (κ1) is 19.2. The lowest BCUT2D eigenvalue weighted by Crippen LogP contribution is -2.29. The maximum atomic E-state index is 13.2. The van der Waals surface area contributed by atoms with Gasteiger partial charge in [0.1, 0.15) is 9.93 Å². The molecule has 4 rings (SSSR count). The lowest BCUT2D eigenvalue weighted by Gasteiger charge is -2.19. The van der Waals surface area contributed by atoms with E-state index in [4.69, 9.17) is 4.99 Å². The number of amides is 1. The minimum atomic E-state index is 0.0461. The molecule has 6 heteroatoms. The molecule has 144 valence electrons. The monoisotopic (exact) mass is 409 g/mol. The molecule has 0 N–H and O–H groups in total. The summed E-state index contributed by atoms with van der Waals surface area (Å²) in [6, 6.07) is 14.5. The fourth-order valence-corrected chi connectivity index (χ4v) is 5.90. The number of anilines is 1. The number of benzene rings is 2. The second kappa shape index (κ2) is 7.68. The summed E-state index contributed by atoms with van der Waals surface area (Å²) in [4.78, 5) is 24.0. The van der Waals surface area contributed by atoms with Crippen molar-refractivity contribution < 1.29 is 4.79 Å². The molecule has 0 radical (unpaired) electrons. The molecule has 4 nitrogen and oxygen atoms in total. The average Bonchev–Trinajstić information content (AvgIpc) is 3.20. The SMILES string of the molecule is CCN1C(=O)/C(=C2\Sc3ccccc3N2CC)SC1=Nc1ccc(C)cc1C. The van der Waals surface area contributed by atoms with E-state index in [0.717, 1.165) is 32.9 Å². The maximum Gasteiger partial charge on any atom is 0.269 e. The molecule has 2 heterocycles. The summed E-state index contributed by atoms with van der Waals surface area (Å²) in [7, 11) is 0.